The van der Waals surface area contributed by atoms with Gasteiger partial charge < -0.3 is 16.0 Å². The topological polar surface area (TPSA) is 116 Å². The third-order valence-corrected chi connectivity index (χ3v) is 6.23. The van der Waals surface area contributed by atoms with Crippen LogP contribution in [0.3, 0.4) is 0 Å². The SMILES string of the molecule is C/C(=C\C(Cl)=C1\C(=O)NC2(CCC(F)(F)CC2)N1C=O)Nc1cc(NC(=O)C2CC2)ncn1. The highest BCUT2D eigenvalue weighted by Gasteiger charge is 2.53. The Labute approximate surface area is 193 Å². The molecular weight excluding hydrogens is 458 g/mol. The van der Waals surface area contributed by atoms with Crippen LogP contribution in [0.4, 0.5) is 20.4 Å². The van der Waals surface area contributed by atoms with Gasteiger partial charge in [0.05, 0.1) is 5.03 Å². The number of amides is 3. The monoisotopic (exact) mass is 480 g/mol. The molecule has 0 radical (unpaired) electrons. The molecule has 176 valence electrons. The Morgan fingerprint density at radius 2 is 1.85 bits per heavy atom. The molecule has 3 fully saturated rings. The fourth-order valence-corrected chi connectivity index (χ4v) is 4.33. The molecule has 3 amide bonds. The van der Waals surface area contributed by atoms with Crippen LogP contribution >= 0.6 is 11.6 Å². The van der Waals surface area contributed by atoms with Crippen molar-refractivity contribution in [2.24, 2.45) is 5.92 Å². The summed E-state index contributed by atoms with van der Waals surface area (Å²) >= 11 is 6.38. The fraction of sp³-hybridized carbons (Fsp3) is 0.476. The van der Waals surface area contributed by atoms with Crippen LogP contribution in [0.2, 0.25) is 0 Å². The largest absolute Gasteiger partial charge is 0.344 e. The van der Waals surface area contributed by atoms with Gasteiger partial charge in [0, 0.05) is 30.5 Å². The Bertz CT molecular complexity index is 1050. The molecular formula is C21H23ClF2N6O3. The third-order valence-electron chi connectivity index (χ3n) is 5.94. The second-order valence-corrected chi connectivity index (χ2v) is 8.93. The van der Waals surface area contributed by atoms with E-state index in [9.17, 15) is 23.2 Å². The maximum absolute atomic E-state index is 13.6. The Balaban J connectivity index is 1.50. The summed E-state index contributed by atoms with van der Waals surface area (Å²) in [6.45, 7) is 1.67. The summed E-state index contributed by atoms with van der Waals surface area (Å²) in [6, 6.07) is 1.55. The van der Waals surface area contributed by atoms with Crippen LogP contribution in [-0.2, 0) is 14.4 Å². The number of rotatable bonds is 6. The lowest BCUT2D eigenvalue weighted by Crippen LogP contribution is -2.55. The smallest absolute Gasteiger partial charge is 0.271 e. The molecule has 1 saturated heterocycles. The molecule has 2 aliphatic carbocycles. The van der Waals surface area contributed by atoms with Gasteiger partial charge in [0.15, 0.2) is 0 Å². The first-order valence-electron chi connectivity index (χ1n) is 10.6. The van der Waals surface area contributed by atoms with Crippen LogP contribution < -0.4 is 16.0 Å². The normalized spacial score (nSPS) is 23.2. The van der Waals surface area contributed by atoms with Gasteiger partial charge in [-0.15, -0.1) is 0 Å². The van der Waals surface area contributed by atoms with Crippen molar-refractivity contribution < 1.29 is 23.2 Å². The predicted octanol–water partition coefficient (Wildman–Crippen LogP) is 3.09. The number of hydrogen-bond donors (Lipinski definition) is 3. The van der Waals surface area contributed by atoms with E-state index >= 15 is 0 Å². The maximum Gasteiger partial charge on any atom is 0.271 e. The van der Waals surface area contributed by atoms with Crippen LogP contribution in [-0.4, -0.2) is 44.7 Å². The van der Waals surface area contributed by atoms with Crippen molar-refractivity contribution in [3.8, 4) is 0 Å². The molecule has 0 unspecified atom stereocenters. The molecule has 0 atom stereocenters. The minimum Gasteiger partial charge on any atom is -0.344 e. The predicted molar refractivity (Wildman–Crippen MR) is 116 cm³/mol. The van der Waals surface area contributed by atoms with Crippen LogP contribution in [0.5, 0.6) is 0 Å². The van der Waals surface area contributed by atoms with Crippen molar-refractivity contribution in [2.75, 3.05) is 10.6 Å². The first-order chi connectivity index (χ1) is 15.6. The van der Waals surface area contributed by atoms with E-state index in [4.69, 9.17) is 11.6 Å². The molecule has 1 aromatic heterocycles. The molecule has 4 rings (SSSR count). The minimum atomic E-state index is -2.82. The molecule has 0 bridgehead atoms. The number of nitrogens with one attached hydrogen (secondary N) is 3. The van der Waals surface area contributed by atoms with E-state index < -0.39 is 30.3 Å². The van der Waals surface area contributed by atoms with Gasteiger partial charge >= 0.3 is 0 Å². The number of aromatic nitrogens is 2. The van der Waals surface area contributed by atoms with Crippen molar-refractivity contribution in [3.63, 3.8) is 0 Å². The summed E-state index contributed by atoms with van der Waals surface area (Å²) in [5.41, 5.74) is -0.814. The zero-order valence-corrected chi connectivity index (χ0v) is 18.6. The number of anilines is 2. The minimum absolute atomic E-state index is 0.0282. The van der Waals surface area contributed by atoms with E-state index in [0.29, 0.717) is 23.7 Å². The molecule has 0 aromatic carbocycles. The summed E-state index contributed by atoms with van der Waals surface area (Å²) < 4.78 is 27.3. The quantitative estimate of drug-likeness (QED) is 0.425. The van der Waals surface area contributed by atoms with E-state index in [2.05, 4.69) is 25.9 Å². The summed E-state index contributed by atoms with van der Waals surface area (Å²) in [5.74, 6) is -2.76. The van der Waals surface area contributed by atoms with Crippen molar-refractivity contribution in [3.05, 3.63) is 34.9 Å². The molecule has 1 aromatic rings. The highest BCUT2D eigenvalue weighted by Crippen LogP contribution is 2.44. The Hall–Kier alpha value is -3.08. The van der Waals surface area contributed by atoms with E-state index in [1.165, 1.54) is 12.4 Å². The summed E-state index contributed by atoms with van der Waals surface area (Å²) in [5, 5.41) is 8.35. The van der Waals surface area contributed by atoms with Crippen LogP contribution in [0.15, 0.2) is 34.9 Å². The zero-order chi connectivity index (χ0) is 23.8. The van der Waals surface area contributed by atoms with Gasteiger partial charge in [-0.25, -0.2) is 18.7 Å². The molecule has 3 aliphatic rings. The zero-order valence-electron chi connectivity index (χ0n) is 17.8. The summed E-state index contributed by atoms with van der Waals surface area (Å²) in [4.78, 5) is 45.6. The molecule has 1 aliphatic heterocycles. The lowest BCUT2D eigenvalue weighted by Gasteiger charge is -2.41. The Kier molecular flexibility index (Phi) is 6.08. The van der Waals surface area contributed by atoms with Crippen molar-refractivity contribution in [1.29, 1.82) is 0 Å². The first kappa shape index (κ1) is 23.1. The van der Waals surface area contributed by atoms with E-state index in [1.807, 2.05) is 0 Å². The molecule has 2 heterocycles. The lowest BCUT2D eigenvalue weighted by atomic mass is 9.86. The number of halogens is 3. The second kappa shape index (κ2) is 8.69. The van der Waals surface area contributed by atoms with Gasteiger partial charge in [-0.05, 0) is 38.7 Å². The van der Waals surface area contributed by atoms with Crippen molar-refractivity contribution in [2.45, 2.75) is 57.0 Å². The molecule has 1 spiro atoms. The number of hydrogen-bond acceptors (Lipinski definition) is 6. The average Bonchev–Trinajstić information content (AvgIpc) is 3.55. The number of allylic oxidation sites excluding steroid dienone is 3. The number of alkyl halides is 2. The first-order valence-corrected chi connectivity index (χ1v) is 10.9. The number of carbonyl (C=O) groups is 3. The van der Waals surface area contributed by atoms with Crippen molar-refractivity contribution in [1.82, 2.24) is 20.2 Å². The Morgan fingerprint density at radius 1 is 1.21 bits per heavy atom. The van der Waals surface area contributed by atoms with Gasteiger partial charge in [-0.2, -0.15) is 0 Å². The van der Waals surface area contributed by atoms with Gasteiger partial charge in [0.2, 0.25) is 18.2 Å². The van der Waals surface area contributed by atoms with Gasteiger partial charge in [-0.1, -0.05) is 11.6 Å². The molecule has 33 heavy (non-hydrogen) atoms. The highest BCUT2D eigenvalue weighted by molar-refractivity contribution is 6.33. The van der Waals surface area contributed by atoms with Crippen LogP contribution in [0.25, 0.3) is 0 Å². The van der Waals surface area contributed by atoms with E-state index in [-0.39, 0.29) is 35.4 Å². The van der Waals surface area contributed by atoms with Crippen LogP contribution in [0.1, 0.15) is 45.4 Å². The van der Waals surface area contributed by atoms with Gasteiger partial charge in [0.1, 0.15) is 29.3 Å². The van der Waals surface area contributed by atoms with Gasteiger partial charge in [-0.3, -0.25) is 19.3 Å². The highest BCUT2D eigenvalue weighted by atomic mass is 35.5. The van der Waals surface area contributed by atoms with E-state index in [1.54, 1.807) is 13.0 Å². The lowest BCUT2D eigenvalue weighted by molar-refractivity contribution is -0.127. The fourth-order valence-electron chi connectivity index (χ4n) is 3.99. The third kappa shape index (κ3) is 4.97. The van der Waals surface area contributed by atoms with Crippen molar-refractivity contribution >= 4 is 41.5 Å². The van der Waals surface area contributed by atoms with Gasteiger partial charge in [0.25, 0.3) is 5.91 Å². The average molecular weight is 481 g/mol. The molecule has 12 heteroatoms. The molecule has 2 saturated carbocycles. The molecule has 3 N–H and O–H groups in total. The Morgan fingerprint density at radius 3 is 2.45 bits per heavy atom. The number of carbonyl (C=O) groups excluding carboxylic acids is 3. The molecule has 9 nitrogen and oxygen atoms in total. The second-order valence-electron chi connectivity index (χ2n) is 8.52. The summed E-state index contributed by atoms with van der Waals surface area (Å²) in [6.07, 6.45) is 3.88. The number of nitrogens with zero attached hydrogens (tertiary/aromatic N) is 3. The standard InChI is InChI=1S/C21H23ClF2N6O3/c1-12(27-15-9-16(26-10-25-15)28-18(32)13-2-3-13)8-14(22)17-19(33)29-21(30(17)11-31)6-4-20(23,24)5-7-21/h8-11,13H,2-7H2,1H3,(H,29,33)(H2,25,26,27,28,32)/b12-8+,17-14+. The van der Waals surface area contributed by atoms with E-state index in [0.717, 1.165) is 17.7 Å². The maximum atomic E-state index is 13.6. The van der Waals surface area contributed by atoms with Crippen LogP contribution in [0, 0.1) is 5.92 Å². The summed E-state index contributed by atoms with van der Waals surface area (Å²) in [7, 11) is 0.